The Morgan fingerprint density at radius 3 is 2.51 bits per heavy atom. The first-order valence-electron chi connectivity index (χ1n) is 13.8. The third-order valence-electron chi connectivity index (χ3n) is 7.48. The van der Waals surface area contributed by atoms with E-state index in [0.717, 1.165) is 67.5 Å². The molecule has 2 fully saturated rings. The number of thioether (sulfide) groups is 1. The number of amidine groups is 1. The summed E-state index contributed by atoms with van der Waals surface area (Å²) >= 11 is 8.25. The van der Waals surface area contributed by atoms with Crippen molar-refractivity contribution in [1.82, 2.24) is 4.90 Å². The van der Waals surface area contributed by atoms with Crippen molar-refractivity contribution in [3.05, 3.63) is 63.5 Å². The van der Waals surface area contributed by atoms with E-state index in [2.05, 4.69) is 67.8 Å². The standard InChI is InChI=1S/C31H37ClN4O2S/c1-6-12-36-27-19-26(32)22(17-25(27)21(3)20-31(36,4)5)18-28-29(37)35(7-2)30(39-28)33-23-8-10-24(11-9-23)34-13-15-38-16-14-34/h8-11,17-20H,6-7,12-16H2,1-5H3/b28-18+,33-30?. The van der Waals surface area contributed by atoms with Gasteiger partial charge in [0.1, 0.15) is 0 Å². The molecule has 0 spiro atoms. The van der Waals surface area contributed by atoms with Gasteiger partial charge in [-0.1, -0.05) is 24.6 Å². The van der Waals surface area contributed by atoms with E-state index in [1.54, 1.807) is 4.90 Å². The summed E-state index contributed by atoms with van der Waals surface area (Å²) in [6.45, 7) is 15.6. The maximum Gasteiger partial charge on any atom is 0.266 e. The van der Waals surface area contributed by atoms with E-state index in [0.29, 0.717) is 21.6 Å². The van der Waals surface area contributed by atoms with Crippen molar-refractivity contribution in [3.8, 4) is 0 Å². The molecule has 2 saturated heterocycles. The molecule has 3 aliphatic heterocycles. The number of fused-ring (bicyclic) bond motifs is 1. The average molecular weight is 565 g/mol. The molecule has 39 heavy (non-hydrogen) atoms. The maximum absolute atomic E-state index is 13.4. The van der Waals surface area contributed by atoms with Crippen molar-refractivity contribution >= 4 is 63.1 Å². The number of hydrogen-bond donors (Lipinski definition) is 0. The van der Waals surface area contributed by atoms with Crippen LogP contribution in [0.25, 0.3) is 11.6 Å². The summed E-state index contributed by atoms with van der Waals surface area (Å²) in [5.74, 6) is -0.0408. The van der Waals surface area contributed by atoms with Crippen LogP contribution in [0.2, 0.25) is 5.02 Å². The number of carbonyl (C=O) groups excluding carboxylic acids is 1. The average Bonchev–Trinajstić information content (AvgIpc) is 3.21. The fraction of sp³-hybridized carbons (Fsp3) is 0.419. The monoisotopic (exact) mass is 564 g/mol. The number of halogens is 1. The second kappa shape index (κ2) is 11.4. The lowest BCUT2D eigenvalue weighted by molar-refractivity contribution is -0.122. The molecular formula is C31H37ClN4O2S. The second-order valence-electron chi connectivity index (χ2n) is 10.7. The van der Waals surface area contributed by atoms with E-state index in [4.69, 9.17) is 21.3 Å². The zero-order valence-corrected chi connectivity index (χ0v) is 25.0. The summed E-state index contributed by atoms with van der Waals surface area (Å²) in [4.78, 5) is 25.3. The minimum atomic E-state index is -0.0823. The van der Waals surface area contributed by atoms with Crippen LogP contribution in [0.3, 0.4) is 0 Å². The third-order valence-corrected chi connectivity index (χ3v) is 8.82. The Balaban J connectivity index is 1.43. The minimum absolute atomic E-state index is 0.0408. The third kappa shape index (κ3) is 5.63. The molecule has 0 aliphatic carbocycles. The Bertz CT molecular complexity index is 1340. The van der Waals surface area contributed by atoms with E-state index in [1.807, 2.05) is 25.1 Å². The molecule has 0 radical (unpaired) electrons. The molecule has 0 saturated carbocycles. The molecule has 5 rings (SSSR count). The SMILES string of the molecule is CCCN1c2cc(Cl)c(/C=C3/SC(=Nc4ccc(N5CCOCC5)cc4)N(CC)C3=O)cc2C(C)=CC1(C)C. The molecule has 0 bridgehead atoms. The van der Waals surface area contributed by atoms with E-state index in [9.17, 15) is 4.79 Å². The summed E-state index contributed by atoms with van der Waals surface area (Å²) < 4.78 is 5.46. The lowest BCUT2D eigenvalue weighted by atomic mass is 9.87. The van der Waals surface area contributed by atoms with Crippen molar-refractivity contribution in [1.29, 1.82) is 0 Å². The Morgan fingerprint density at radius 2 is 1.85 bits per heavy atom. The van der Waals surface area contributed by atoms with Crippen LogP contribution in [-0.2, 0) is 9.53 Å². The summed E-state index contributed by atoms with van der Waals surface area (Å²) in [5, 5.41) is 1.34. The van der Waals surface area contributed by atoms with Gasteiger partial charge in [-0.15, -0.1) is 0 Å². The van der Waals surface area contributed by atoms with Gasteiger partial charge >= 0.3 is 0 Å². The maximum atomic E-state index is 13.4. The number of ether oxygens (including phenoxy) is 1. The van der Waals surface area contributed by atoms with Gasteiger partial charge in [-0.05, 0) is 99.5 Å². The Labute approximate surface area is 241 Å². The molecule has 2 aromatic rings. The topological polar surface area (TPSA) is 48.4 Å². The zero-order valence-electron chi connectivity index (χ0n) is 23.5. The first kappa shape index (κ1) is 27.8. The highest BCUT2D eigenvalue weighted by molar-refractivity contribution is 8.18. The van der Waals surface area contributed by atoms with Crippen molar-refractivity contribution in [3.63, 3.8) is 0 Å². The molecule has 3 aliphatic rings. The summed E-state index contributed by atoms with van der Waals surface area (Å²) in [6, 6.07) is 12.4. The van der Waals surface area contributed by atoms with Gasteiger partial charge in [0.25, 0.3) is 5.91 Å². The number of carbonyl (C=O) groups is 1. The summed E-state index contributed by atoms with van der Waals surface area (Å²) in [7, 11) is 0. The summed E-state index contributed by atoms with van der Waals surface area (Å²) in [6.07, 6.45) is 5.29. The molecule has 3 heterocycles. The van der Waals surface area contributed by atoms with Crippen molar-refractivity contribution in [2.24, 2.45) is 4.99 Å². The molecule has 206 valence electrons. The number of amides is 1. The molecule has 0 unspecified atom stereocenters. The van der Waals surface area contributed by atoms with Gasteiger partial charge in [-0.2, -0.15) is 0 Å². The number of allylic oxidation sites excluding steroid dienone is 1. The van der Waals surface area contributed by atoms with Gasteiger partial charge in [0, 0.05) is 48.1 Å². The van der Waals surface area contributed by atoms with Crippen LogP contribution in [0.1, 0.15) is 52.2 Å². The van der Waals surface area contributed by atoms with Gasteiger partial charge < -0.3 is 14.5 Å². The predicted molar refractivity (Wildman–Crippen MR) is 166 cm³/mol. The van der Waals surface area contributed by atoms with Gasteiger partial charge in [0.2, 0.25) is 0 Å². The molecule has 8 heteroatoms. The van der Waals surface area contributed by atoms with Crippen LogP contribution in [0.15, 0.2) is 52.4 Å². The quantitative estimate of drug-likeness (QED) is 0.347. The van der Waals surface area contributed by atoms with Crippen molar-refractivity contribution < 1.29 is 9.53 Å². The molecule has 0 aromatic heterocycles. The Hall–Kier alpha value is -2.74. The van der Waals surface area contributed by atoms with Crippen LogP contribution >= 0.6 is 23.4 Å². The molecule has 1 amide bonds. The zero-order chi connectivity index (χ0) is 27.7. The van der Waals surface area contributed by atoms with E-state index >= 15 is 0 Å². The predicted octanol–water partition coefficient (Wildman–Crippen LogP) is 7.21. The highest BCUT2D eigenvalue weighted by atomic mass is 35.5. The number of nitrogens with zero attached hydrogens (tertiary/aromatic N) is 4. The highest BCUT2D eigenvalue weighted by Crippen LogP contribution is 2.43. The van der Waals surface area contributed by atoms with Crippen LogP contribution < -0.4 is 9.80 Å². The molecule has 0 N–H and O–H groups in total. The van der Waals surface area contributed by atoms with Crippen LogP contribution in [0.4, 0.5) is 17.1 Å². The Kier molecular flexibility index (Phi) is 8.13. The van der Waals surface area contributed by atoms with Crippen molar-refractivity contribution in [2.75, 3.05) is 49.2 Å². The summed E-state index contributed by atoms with van der Waals surface area (Å²) in [5.41, 5.74) is 6.30. The number of hydrogen-bond acceptors (Lipinski definition) is 6. The second-order valence-corrected chi connectivity index (χ2v) is 12.1. The van der Waals surface area contributed by atoms with Crippen LogP contribution in [-0.4, -0.2) is 60.9 Å². The van der Waals surface area contributed by atoms with Gasteiger partial charge in [0.05, 0.1) is 29.3 Å². The number of rotatable bonds is 6. The number of likely N-dealkylation sites (N-methyl/N-ethyl adjacent to an activating group) is 1. The smallest absolute Gasteiger partial charge is 0.266 e. The van der Waals surface area contributed by atoms with E-state index < -0.39 is 0 Å². The lowest BCUT2D eigenvalue weighted by Gasteiger charge is -2.43. The number of morpholine rings is 1. The highest BCUT2D eigenvalue weighted by Gasteiger charge is 2.34. The fourth-order valence-corrected chi connectivity index (χ4v) is 6.80. The minimum Gasteiger partial charge on any atom is -0.378 e. The molecule has 2 aromatic carbocycles. The van der Waals surface area contributed by atoms with Gasteiger partial charge in [-0.25, -0.2) is 4.99 Å². The van der Waals surface area contributed by atoms with E-state index in [1.165, 1.54) is 17.3 Å². The van der Waals surface area contributed by atoms with Gasteiger partial charge in [0.15, 0.2) is 5.17 Å². The number of aliphatic imine (C=N–C) groups is 1. The number of anilines is 2. The molecule has 6 nitrogen and oxygen atoms in total. The normalized spacial score (nSPS) is 21.1. The van der Waals surface area contributed by atoms with Crippen LogP contribution in [0, 0.1) is 0 Å². The first-order chi connectivity index (χ1) is 18.7. The fourth-order valence-electron chi connectivity index (χ4n) is 5.54. The first-order valence-corrected chi connectivity index (χ1v) is 14.9. The number of benzene rings is 2. The van der Waals surface area contributed by atoms with Gasteiger partial charge in [-0.3, -0.25) is 9.69 Å². The van der Waals surface area contributed by atoms with Crippen molar-refractivity contribution in [2.45, 2.75) is 46.6 Å². The lowest BCUT2D eigenvalue weighted by Crippen LogP contribution is -2.45. The van der Waals surface area contributed by atoms with Crippen LogP contribution in [0.5, 0.6) is 0 Å². The molecule has 0 atom stereocenters. The largest absolute Gasteiger partial charge is 0.378 e. The Morgan fingerprint density at radius 1 is 1.13 bits per heavy atom. The van der Waals surface area contributed by atoms with E-state index in [-0.39, 0.29) is 11.4 Å². The molecular weight excluding hydrogens is 528 g/mol.